The van der Waals surface area contributed by atoms with Crippen LogP contribution < -0.4 is 0 Å². The van der Waals surface area contributed by atoms with Crippen molar-refractivity contribution in [3.05, 3.63) is 4.85 Å². The molecule has 1 rings (SSSR count). The van der Waals surface area contributed by atoms with Crippen molar-refractivity contribution in [2.45, 2.75) is 12.8 Å². The van der Waals surface area contributed by atoms with E-state index in [-0.39, 0.29) is 0 Å². The third-order valence-corrected chi connectivity index (χ3v) is 0.753. The van der Waals surface area contributed by atoms with E-state index in [9.17, 15) is 0 Å². The van der Waals surface area contributed by atoms with E-state index >= 15 is 0 Å². The van der Waals surface area contributed by atoms with Gasteiger partial charge in [-0.15, -0.1) is 0 Å². The van der Waals surface area contributed by atoms with Gasteiger partial charge in [-0.25, -0.2) is 0 Å². The van der Waals surface area contributed by atoms with E-state index in [1.54, 1.807) is 0 Å². The van der Waals surface area contributed by atoms with Gasteiger partial charge in [0.1, 0.15) is 6.42 Å². The molecule has 0 atom stereocenters. The van der Waals surface area contributed by atoms with Gasteiger partial charge in [-0.1, -0.05) is 16.7 Å². The standard InChI is InChI=1S/C6H6N/c1-2-4-6-7-5-3-1/h3-5H2/q+1. The predicted octanol–water partition coefficient (Wildman–Crippen LogP) is 1.12. The van der Waals surface area contributed by atoms with Gasteiger partial charge in [0.15, 0.2) is 0 Å². The molecular weight excluding hydrogens is 86.1 g/mol. The lowest BCUT2D eigenvalue weighted by Crippen LogP contribution is -1.66. The first-order valence-corrected chi connectivity index (χ1v) is 2.35. The molecule has 0 amide bonds. The Hall–Kier alpha value is -0.950. The molecule has 0 bridgehead atoms. The Balaban J connectivity index is 2.55. The molecule has 0 unspecified atom stereocenters. The average molecular weight is 92.1 g/mol. The molecular formula is C6H6N+. The van der Waals surface area contributed by atoms with Gasteiger partial charge in [0.2, 0.25) is 0 Å². The van der Waals surface area contributed by atoms with Crippen molar-refractivity contribution in [3.8, 4) is 17.9 Å². The molecule has 1 heterocycles. The van der Waals surface area contributed by atoms with Crippen LogP contribution in [0.3, 0.4) is 0 Å². The second-order valence-electron chi connectivity index (χ2n) is 1.32. The van der Waals surface area contributed by atoms with Crippen LogP contribution >= 0.6 is 0 Å². The minimum absolute atomic E-state index is 0.722. The second kappa shape index (κ2) is 2.26. The summed E-state index contributed by atoms with van der Waals surface area (Å²) in [5.74, 6) is 5.83. The Labute approximate surface area is 43.2 Å². The minimum Gasteiger partial charge on any atom is -0.0941 e. The fourth-order valence-electron chi connectivity index (χ4n) is 0.437. The predicted molar refractivity (Wildman–Crippen MR) is 29.1 cm³/mol. The smallest absolute Gasteiger partial charge is 0.0941 e. The van der Waals surface area contributed by atoms with Crippen molar-refractivity contribution in [2.24, 2.45) is 0 Å². The fraction of sp³-hybridized carbons (Fsp3) is 0.500. The average Bonchev–Trinajstić information content (AvgIpc) is 1.90. The molecule has 1 aliphatic heterocycles. The van der Waals surface area contributed by atoms with E-state index in [2.05, 4.69) is 22.8 Å². The van der Waals surface area contributed by atoms with Gasteiger partial charge in [0.05, 0.1) is 6.42 Å². The number of hydrogen-bond acceptors (Lipinski definition) is 0. The van der Waals surface area contributed by atoms with Gasteiger partial charge >= 0.3 is 0 Å². The Morgan fingerprint density at radius 2 is 2.29 bits per heavy atom. The van der Waals surface area contributed by atoms with E-state index in [4.69, 9.17) is 0 Å². The number of nitrogens with zero attached hydrogens (tertiary/aromatic N) is 1. The highest BCUT2D eigenvalue weighted by molar-refractivity contribution is 5.11. The lowest BCUT2D eigenvalue weighted by atomic mass is 10.4. The van der Waals surface area contributed by atoms with Crippen LogP contribution in [0.4, 0.5) is 0 Å². The highest BCUT2D eigenvalue weighted by Gasteiger charge is 1.89. The molecule has 0 aromatic rings. The molecule has 0 aromatic heterocycles. The van der Waals surface area contributed by atoms with Crippen LogP contribution in [0.5, 0.6) is 0 Å². The molecule has 0 aromatic carbocycles. The summed E-state index contributed by atoms with van der Waals surface area (Å²) in [5.41, 5.74) is 0. The normalized spacial score (nSPS) is 14.9. The van der Waals surface area contributed by atoms with Crippen molar-refractivity contribution in [1.29, 1.82) is 0 Å². The van der Waals surface area contributed by atoms with Crippen molar-refractivity contribution >= 4 is 0 Å². The van der Waals surface area contributed by atoms with Crippen LogP contribution in [0.15, 0.2) is 0 Å². The van der Waals surface area contributed by atoms with Gasteiger partial charge in [-0.05, 0) is 0 Å². The summed E-state index contributed by atoms with van der Waals surface area (Å²) in [5, 5.41) is 0. The van der Waals surface area contributed by atoms with Crippen LogP contribution in [-0.2, 0) is 0 Å². The van der Waals surface area contributed by atoms with E-state index in [0.29, 0.717) is 0 Å². The zero-order valence-electron chi connectivity index (χ0n) is 4.07. The van der Waals surface area contributed by atoms with Crippen LogP contribution in [0.2, 0.25) is 0 Å². The van der Waals surface area contributed by atoms with E-state index in [1.807, 2.05) is 0 Å². The van der Waals surface area contributed by atoms with Gasteiger partial charge in [-0.3, -0.25) is 0 Å². The summed E-state index contributed by atoms with van der Waals surface area (Å²) in [6.45, 7) is 0.840. The van der Waals surface area contributed by atoms with E-state index < -0.39 is 0 Å². The van der Waals surface area contributed by atoms with Crippen molar-refractivity contribution in [3.63, 3.8) is 0 Å². The lowest BCUT2D eigenvalue weighted by Gasteiger charge is -1.60. The molecule has 1 heteroatoms. The van der Waals surface area contributed by atoms with Crippen LogP contribution in [0.25, 0.3) is 4.85 Å². The Morgan fingerprint density at radius 1 is 1.29 bits per heavy atom. The second-order valence-corrected chi connectivity index (χ2v) is 1.32. The first kappa shape index (κ1) is 4.22. The number of hydrogen-bond donors (Lipinski definition) is 0. The highest BCUT2D eigenvalue weighted by Crippen LogP contribution is 1.84. The number of rotatable bonds is 0. The third kappa shape index (κ3) is 1.28. The fourth-order valence-corrected chi connectivity index (χ4v) is 0.437. The Morgan fingerprint density at radius 3 is 3.29 bits per heavy atom. The summed E-state index contributed by atoms with van der Waals surface area (Å²) < 4.78 is 0. The van der Waals surface area contributed by atoms with Crippen LogP contribution in [0.1, 0.15) is 12.8 Å². The first-order valence-electron chi connectivity index (χ1n) is 2.35. The van der Waals surface area contributed by atoms with Crippen molar-refractivity contribution in [1.82, 2.24) is 0 Å². The van der Waals surface area contributed by atoms with E-state index in [0.717, 1.165) is 19.4 Å². The van der Waals surface area contributed by atoms with Gasteiger partial charge in [0, 0.05) is 0 Å². The Bertz CT molecular complexity index is 140. The molecule has 1 aliphatic rings. The maximum absolute atomic E-state index is 3.90. The molecule has 0 N–H and O–H groups in total. The maximum atomic E-state index is 3.90. The molecule has 0 saturated heterocycles. The van der Waals surface area contributed by atoms with Crippen molar-refractivity contribution in [2.75, 3.05) is 6.54 Å². The third-order valence-electron chi connectivity index (χ3n) is 0.753. The largest absolute Gasteiger partial charge is 0.286 e. The lowest BCUT2D eigenvalue weighted by molar-refractivity contribution is 1.19. The zero-order valence-corrected chi connectivity index (χ0v) is 4.07. The molecule has 0 saturated carbocycles. The summed E-state index contributed by atoms with van der Waals surface area (Å²) in [4.78, 5) is 3.90. The Kier molecular flexibility index (Phi) is 1.36. The molecule has 34 valence electrons. The summed E-state index contributed by atoms with van der Waals surface area (Å²) in [7, 11) is 0. The molecule has 7 heavy (non-hydrogen) atoms. The SMILES string of the molecule is C1#CCC[N+]#CC1. The molecule has 0 aliphatic carbocycles. The topological polar surface area (TPSA) is 4.36 Å². The molecule has 0 spiro atoms. The van der Waals surface area contributed by atoms with Crippen molar-refractivity contribution < 1.29 is 0 Å². The zero-order chi connectivity index (χ0) is 4.95. The summed E-state index contributed by atoms with van der Waals surface area (Å²) >= 11 is 0. The molecule has 0 radical (unpaired) electrons. The molecule has 1 nitrogen and oxygen atoms in total. The monoisotopic (exact) mass is 92.0 g/mol. The van der Waals surface area contributed by atoms with E-state index in [1.165, 1.54) is 0 Å². The minimum atomic E-state index is 0.722. The molecule has 0 fully saturated rings. The van der Waals surface area contributed by atoms with Gasteiger partial charge in [-0.2, -0.15) is 0 Å². The highest BCUT2D eigenvalue weighted by atomic mass is 14.6. The van der Waals surface area contributed by atoms with Gasteiger partial charge in [0.25, 0.3) is 12.6 Å². The van der Waals surface area contributed by atoms with Crippen LogP contribution in [-0.4, -0.2) is 6.54 Å². The van der Waals surface area contributed by atoms with Gasteiger partial charge < -0.3 is 0 Å². The first-order chi connectivity index (χ1) is 3.50. The maximum Gasteiger partial charge on any atom is 0.286 e. The van der Waals surface area contributed by atoms with Crippen LogP contribution in [0, 0.1) is 17.9 Å². The summed E-state index contributed by atoms with van der Waals surface area (Å²) in [6.07, 6.45) is 1.63. The summed E-state index contributed by atoms with van der Waals surface area (Å²) in [6, 6.07) is 2.80. The quantitative estimate of drug-likeness (QED) is 0.394.